The molecular weight excluding hydrogens is 385 g/mol. The average molecular weight is 415 g/mol. The molecule has 21 heavy (non-hydrogen) atoms. The van der Waals surface area contributed by atoms with Crippen LogP contribution in [-0.4, -0.2) is 77.7 Å². The lowest BCUT2D eigenvalue weighted by molar-refractivity contribution is 0.0747. The summed E-state index contributed by atoms with van der Waals surface area (Å²) in [5.41, 5.74) is 0. The fourth-order valence-electron chi connectivity index (χ4n) is 2.28. The van der Waals surface area contributed by atoms with Crippen molar-refractivity contribution in [1.82, 2.24) is 10.2 Å². The zero-order valence-electron chi connectivity index (χ0n) is 13.5. The SMILES string of the molecule is CCNC(=NCCOCCOC)N1CCC(COC)C1.I. The Morgan fingerprint density at radius 1 is 1.24 bits per heavy atom. The fourth-order valence-corrected chi connectivity index (χ4v) is 2.28. The van der Waals surface area contributed by atoms with Gasteiger partial charge in [0.05, 0.1) is 33.0 Å². The molecule has 1 saturated heterocycles. The largest absolute Gasteiger partial charge is 0.384 e. The highest BCUT2D eigenvalue weighted by Gasteiger charge is 2.24. The minimum absolute atomic E-state index is 0. The number of halogens is 1. The Morgan fingerprint density at radius 3 is 2.71 bits per heavy atom. The Bertz CT molecular complexity index is 280. The van der Waals surface area contributed by atoms with Crippen LogP contribution >= 0.6 is 24.0 Å². The molecule has 1 fully saturated rings. The van der Waals surface area contributed by atoms with Crippen LogP contribution in [0.2, 0.25) is 0 Å². The summed E-state index contributed by atoms with van der Waals surface area (Å²) < 4.78 is 15.6. The molecule has 0 radical (unpaired) electrons. The van der Waals surface area contributed by atoms with Gasteiger partial charge in [0, 0.05) is 39.8 Å². The van der Waals surface area contributed by atoms with Crippen LogP contribution in [0.15, 0.2) is 4.99 Å². The number of guanidine groups is 1. The summed E-state index contributed by atoms with van der Waals surface area (Å²) in [5.74, 6) is 1.60. The van der Waals surface area contributed by atoms with Crippen LogP contribution in [0.5, 0.6) is 0 Å². The molecule has 7 heteroatoms. The molecule has 1 heterocycles. The molecule has 0 saturated carbocycles. The van der Waals surface area contributed by atoms with E-state index >= 15 is 0 Å². The first kappa shape index (κ1) is 20.9. The molecule has 1 rings (SSSR count). The van der Waals surface area contributed by atoms with Gasteiger partial charge in [0.2, 0.25) is 0 Å². The van der Waals surface area contributed by atoms with E-state index in [1.54, 1.807) is 14.2 Å². The van der Waals surface area contributed by atoms with E-state index in [1.807, 2.05) is 0 Å². The minimum Gasteiger partial charge on any atom is -0.384 e. The van der Waals surface area contributed by atoms with Gasteiger partial charge in [-0.25, -0.2) is 0 Å². The summed E-state index contributed by atoms with van der Waals surface area (Å²) >= 11 is 0. The molecule has 0 aromatic carbocycles. The third kappa shape index (κ3) is 8.80. The molecule has 0 bridgehead atoms. The molecule has 0 amide bonds. The Balaban J connectivity index is 0.00000400. The molecule has 0 spiro atoms. The lowest BCUT2D eigenvalue weighted by atomic mass is 10.1. The van der Waals surface area contributed by atoms with Crippen LogP contribution in [0, 0.1) is 5.92 Å². The summed E-state index contributed by atoms with van der Waals surface area (Å²) in [6.07, 6.45) is 1.17. The topological polar surface area (TPSA) is 55.3 Å². The molecule has 1 unspecified atom stereocenters. The van der Waals surface area contributed by atoms with Crippen molar-refractivity contribution >= 4 is 29.9 Å². The molecule has 1 aliphatic rings. The standard InChI is InChI=1S/C14H29N3O3.HI/c1-4-15-14(16-6-8-20-10-9-18-2)17-7-5-13(11-17)12-19-3;/h13H,4-12H2,1-3H3,(H,15,16);1H. The molecule has 6 nitrogen and oxygen atoms in total. The number of rotatable bonds is 9. The van der Waals surface area contributed by atoms with Crippen LogP contribution in [0.4, 0.5) is 0 Å². The van der Waals surface area contributed by atoms with Crippen LogP contribution in [0.25, 0.3) is 0 Å². The van der Waals surface area contributed by atoms with Crippen molar-refractivity contribution in [3.63, 3.8) is 0 Å². The van der Waals surface area contributed by atoms with Gasteiger partial charge in [-0.2, -0.15) is 0 Å². The predicted octanol–water partition coefficient (Wildman–Crippen LogP) is 1.20. The van der Waals surface area contributed by atoms with E-state index in [0.29, 0.717) is 32.3 Å². The van der Waals surface area contributed by atoms with E-state index < -0.39 is 0 Å². The minimum atomic E-state index is 0. The van der Waals surface area contributed by atoms with Crippen LogP contribution < -0.4 is 5.32 Å². The van der Waals surface area contributed by atoms with E-state index in [0.717, 1.165) is 32.2 Å². The van der Waals surface area contributed by atoms with E-state index in [4.69, 9.17) is 14.2 Å². The normalized spacial score (nSPS) is 18.7. The molecule has 0 aromatic rings. The lowest BCUT2D eigenvalue weighted by Gasteiger charge is -2.21. The van der Waals surface area contributed by atoms with Crippen molar-refractivity contribution in [3.05, 3.63) is 0 Å². The van der Waals surface area contributed by atoms with Crippen LogP contribution in [0.1, 0.15) is 13.3 Å². The number of hydrogen-bond donors (Lipinski definition) is 1. The first-order valence-corrected chi connectivity index (χ1v) is 7.40. The van der Waals surface area contributed by atoms with Crippen LogP contribution in [0.3, 0.4) is 0 Å². The van der Waals surface area contributed by atoms with Crippen molar-refractivity contribution in [3.8, 4) is 0 Å². The van der Waals surface area contributed by atoms with Gasteiger partial charge >= 0.3 is 0 Å². The van der Waals surface area contributed by atoms with Crippen LogP contribution in [-0.2, 0) is 14.2 Å². The first-order valence-electron chi connectivity index (χ1n) is 7.40. The highest BCUT2D eigenvalue weighted by molar-refractivity contribution is 14.0. The average Bonchev–Trinajstić information content (AvgIpc) is 2.90. The number of methoxy groups -OCH3 is 2. The Labute approximate surface area is 145 Å². The zero-order valence-corrected chi connectivity index (χ0v) is 15.8. The van der Waals surface area contributed by atoms with Gasteiger partial charge in [-0.1, -0.05) is 0 Å². The van der Waals surface area contributed by atoms with E-state index in [1.165, 1.54) is 6.42 Å². The van der Waals surface area contributed by atoms with E-state index in [2.05, 4.69) is 22.1 Å². The Hall–Kier alpha value is -0.120. The zero-order chi connectivity index (χ0) is 14.6. The third-order valence-corrected chi connectivity index (χ3v) is 3.25. The van der Waals surface area contributed by atoms with Crippen molar-refractivity contribution < 1.29 is 14.2 Å². The van der Waals surface area contributed by atoms with Gasteiger partial charge in [0.1, 0.15) is 0 Å². The summed E-state index contributed by atoms with van der Waals surface area (Å²) in [6, 6.07) is 0. The van der Waals surface area contributed by atoms with E-state index in [9.17, 15) is 0 Å². The van der Waals surface area contributed by atoms with Gasteiger partial charge in [0.25, 0.3) is 0 Å². The number of ether oxygens (including phenoxy) is 3. The van der Waals surface area contributed by atoms with Gasteiger partial charge in [0.15, 0.2) is 5.96 Å². The molecular formula is C14H30IN3O3. The Morgan fingerprint density at radius 2 is 2.05 bits per heavy atom. The van der Waals surface area contributed by atoms with Gasteiger partial charge in [-0.15, -0.1) is 24.0 Å². The molecule has 126 valence electrons. The van der Waals surface area contributed by atoms with Crippen molar-refractivity contribution in [2.45, 2.75) is 13.3 Å². The number of aliphatic imine (C=N–C) groups is 1. The van der Waals surface area contributed by atoms with Gasteiger partial charge in [-0.3, -0.25) is 4.99 Å². The second-order valence-electron chi connectivity index (χ2n) is 4.90. The second kappa shape index (κ2) is 13.5. The van der Waals surface area contributed by atoms with E-state index in [-0.39, 0.29) is 24.0 Å². The number of likely N-dealkylation sites (tertiary alicyclic amines) is 1. The summed E-state index contributed by atoms with van der Waals surface area (Å²) in [5, 5.41) is 3.34. The first-order chi connectivity index (χ1) is 9.81. The van der Waals surface area contributed by atoms with Gasteiger partial charge < -0.3 is 24.4 Å². The van der Waals surface area contributed by atoms with Crippen molar-refractivity contribution in [2.75, 3.05) is 66.8 Å². The smallest absolute Gasteiger partial charge is 0.194 e. The molecule has 1 aliphatic heterocycles. The molecule has 1 atom stereocenters. The molecule has 1 N–H and O–H groups in total. The molecule has 0 aliphatic carbocycles. The third-order valence-electron chi connectivity index (χ3n) is 3.25. The number of nitrogens with one attached hydrogen (secondary N) is 1. The molecule has 0 aromatic heterocycles. The highest BCUT2D eigenvalue weighted by atomic mass is 127. The summed E-state index contributed by atoms with van der Waals surface area (Å²) in [4.78, 5) is 6.92. The maximum atomic E-state index is 5.43. The summed E-state index contributed by atoms with van der Waals surface area (Å²) in [6.45, 7) is 8.44. The second-order valence-corrected chi connectivity index (χ2v) is 4.90. The maximum absolute atomic E-state index is 5.43. The number of nitrogens with zero attached hydrogens (tertiary/aromatic N) is 2. The Kier molecular flexibility index (Phi) is 13.5. The van der Waals surface area contributed by atoms with Crippen molar-refractivity contribution in [2.24, 2.45) is 10.9 Å². The maximum Gasteiger partial charge on any atom is 0.194 e. The predicted molar refractivity (Wildman–Crippen MR) is 95.6 cm³/mol. The fraction of sp³-hybridized carbons (Fsp3) is 0.929. The quantitative estimate of drug-likeness (QED) is 0.266. The number of hydrogen-bond acceptors (Lipinski definition) is 4. The lowest BCUT2D eigenvalue weighted by Crippen LogP contribution is -2.40. The van der Waals surface area contributed by atoms with Crippen molar-refractivity contribution in [1.29, 1.82) is 0 Å². The monoisotopic (exact) mass is 415 g/mol. The highest BCUT2D eigenvalue weighted by Crippen LogP contribution is 2.16. The van der Waals surface area contributed by atoms with Gasteiger partial charge in [-0.05, 0) is 13.3 Å². The summed E-state index contributed by atoms with van der Waals surface area (Å²) in [7, 11) is 3.44.